The molecule has 1 aliphatic rings. The maximum absolute atomic E-state index is 5.86. The lowest BCUT2D eigenvalue weighted by molar-refractivity contribution is -0.0386. The summed E-state index contributed by atoms with van der Waals surface area (Å²) in [7, 11) is 4.16. The van der Waals surface area contributed by atoms with Crippen LogP contribution in [0.5, 0.6) is 0 Å². The van der Waals surface area contributed by atoms with Crippen LogP contribution in [0, 0.1) is 0 Å². The number of hydrazine groups is 1. The van der Waals surface area contributed by atoms with Gasteiger partial charge >= 0.3 is 0 Å². The van der Waals surface area contributed by atoms with Gasteiger partial charge in [0.1, 0.15) is 0 Å². The standard InChI is InChI=1S/C8H19N3/c1-7-4-5-8(9)6-11(7)10(2)3/h7-8H,4-6,9H2,1-3H3/t7-,8+/m0/s1. The summed E-state index contributed by atoms with van der Waals surface area (Å²) >= 11 is 0. The number of nitrogens with zero attached hydrogens (tertiary/aromatic N) is 2. The molecule has 3 heteroatoms. The molecule has 0 aromatic rings. The number of hydrogen-bond acceptors (Lipinski definition) is 3. The van der Waals surface area contributed by atoms with E-state index in [1.165, 1.54) is 12.8 Å². The summed E-state index contributed by atoms with van der Waals surface area (Å²) in [6.07, 6.45) is 2.39. The van der Waals surface area contributed by atoms with E-state index in [0.717, 1.165) is 6.54 Å². The summed E-state index contributed by atoms with van der Waals surface area (Å²) in [4.78, 5) is 0. The second kappa shape index (κ2) is 3.52. The molecular weight excluding hydrogens is 138 g/mol. The van der Waals surface area contributed by atoms with Crippen LogP contribution in [-0.2, 0) is 0 Å². The molecule has 1 rings (SSSR count). The van der Waals surface area contributed by atoms with Gasteiger partial charge in [0.25, 0.3) is 0 Å². The summed E-state index contributed by atoms with van der Waals surface area (Å²) in [6, 6.07) is 1.03. The van der Waals surface area contributed by atoms with Crippen LogP contribution < -0.4 is 5.73 Å². The van der Waals surface area contributed by atoms with Crippen LogP contribution in [-0.4, -0.2) is 42.7 Å². The Morgan fingerprint density at radius 1 is 1.36 bits per heavy atom. The Morgan fingerprint density at radius 3 is 2.45 bits per heavy atom. The third kappa shape index (κ3) is 2.15. The summed E-state index contributed by atoms with van der Waals surface area (Å²) in [5.41, 5.74) is 5.86. The molecule has 66 valence electrons. The third-order valence-electron chi connectivity index (χ3n) is 2.40. The Morgan fingerprint density at radius 2 is 2.00 bits per heavy atom. The van der Waals surface area contributed by atoms with E-state index in [9.17, 15) is 0 Å². The van der Waals surface area contributed by atoms with E-state index in [0.29, 0.717) is 12.1 Å². The van der Waals surface area contributed by atoms with Crippen molar-refractivity contribution in [3.63, 3.8) is 0 Å². The summed E-state index contributed by atoms with van der Waals surface area (Å²) in [6.45, 7) is 3.26. The molecule has 0 unspecified atom stereocenters. The van der Waals surface area contributed by atoms with Gasteiger partial charge in [0.05, 0.1) is 0 Å². The predicted octanol–water partition coefficient (Wildman–Crippen LogP) is 0.275. The van der Waals surface area contributed by atoms with Crippen molar-refractivity contribution in [2.75, 3.05) is 20.6 Å². The van der Waals surface area contributed by atoms with E-state index in [1.54, 1.807) is 0 Å². The van der Waals surface area contributed by atoms with E-state index in [-0.39, 0.29) is 0 Å². The van der Waals surface area contributed by atoms with Crippen LogP contribution in [0.15, 0.2) is 0 Å². The second-order valence-corrected chi connectivity index (χ2v) is 3.66. The van der Waals surface area contributed by atoms with Crippen molar-refractivity contribution in [1.82, 2.24) is 10.0 Å². The molecule has 0 aromatic heterocycles. The van der Waals surface area contributed by atoms with Crippen molar-refractivity contribution < 1.29 is 0 Å². The van der Waals surface area contributed by atoms with Crippen molar-refractivity contribution in [2.45, 2.75) is 31.8 Å². The topological polar surface area (TPSA) is 32.5 Å². The molecule has 2 atom stereocenters. The maximum Gasteiger partial charge on any atom is 0.0288 e. The highest BCUT2D eigenvalue weighted by Crippen LogP contribution is 2.15. The van der Waals surface area contributed by atoms with Gasteiger partial charge in [0.15, 0.2) is 0 Å². The van der Waals surface area contributed by atoms with E-state index in [1.807, 2.05) is 0 Å². The Bertz CT molecular complexity index is 125. The fourth-order valence-electron chi connectivity index (χ4n) is 1.67. The van der Waals surface area contributed by atoms with Gasteiger partial charge in [0, 0.05) is 32.7 Å². The first-order valence-corrected chi connectivity index (χ1v) is 4.30. The lowest BCUT2D eigenvalue weighted by atomic mass is 10.0. The fourth-order valence-corrected chi connectivity index (χ4v) is 1.67. The first kappa shape index (κ1) is 8.97. The minimum Gasteiger partial charge on any atom is -0.326 e. The molecular formula is C8H19N3. The monoisotopic (exact) mass is 157 g/mol. The minimum absolute atomic E-state index is 0.369. The molecule has 1 aliphatic heterocycles. The summed E-state index contributed by atoms with van der Waals surface area (Å²) in [5.74, 6) is 0. The van der Waals surface area contributed by atoms with Crippen LogP contribution >= 0.6 is 0 Å². The number of rotatable bonds is 1. The Balaban J connectivity index is 2.47. The predicted molar refractivity (Wildman–Crippen MR) is 47.1 cm³/mol. The van der Waals surface area contributed by atoms with E-state index in [2.05, 4.69) is 31.0 Å². The van der Waals surface area contributed by atoms with Gasteiger partial charge in [-0.05, 0) is 19.8 Å². The van der Waals surface area contributed by atoms with E-state index >= 15 is 0 Å². The van der Waals surface area contributed by atoms with Crippen LogP contribution in [0.2, 0.25) is 0 Å². The number of piperidine rings is 1. The molecule has 1 heterocycles. The number of nitrogens with two attached hydrogens (primary N) is 1. The van der Waals surface area contributed by atoms with Gasteiger partial charge in [-0.1, -0.05) is 0 Å². The van der Waals surface area contributed by atoms with Crippen molar-refractivity contribution in [3.05, 3.63) is 0 Å². The number of hydrogen-bond donors (Lipinski definition) is 1. The smallest absolute Gasteiger partial charge is 0.0288 e. The SMILES string of the molecule is C[C@H]1CC[C@@H](N)CN1N(C)C. The van der Waals surface area contributed by atoms with Gasteiger partial charge in [-0.3, -0.25) is 0 Å². The zero-order valence-corrected chi connectivity index (χ0v) is 7.75. The highest BCUT2D eigenvalue weighted by atomic mass is 15.6. The minimum atomic E-state index is 0.369. The Kier molecular flexibility index (Phi) is 2.87. The van der Waals surface area contributed by atoms with E-state index in [4.69, 9.17) is 5.73 Å². The molecule has 0 bridgehead atoms. The summed E-state index contributed by atoms with van der Waals surface area (Å²) < 4.78 is 0. The third-order valence-corrected chi connectivity index (χ3v) is 2.40. The molecule has 11 heavy (non-hydrogen) atoms. The van der Waals surface area contributed by atoms with Crippen molar-refractivity contribution >= 4 is 0 Å². The summed E-state index contributed by atoms with van der Waals surface area (Å²) in [5, 5.41) is 4.47. The highest BCUT2D eigenvalue weighted by molar-refractivity contribution is 4.78. The quantitative estimate of drug-likeness (QED) is 0.593. The van der Waals surface area contributed by atoms with Gasteiger partial charge in [-0.2, -0.15) is 0 Å². The largest absolute Gasteiger partial charge is 0.326 e. The average Bonchev–Trinajstić information content (AvgIpc) is 1.94. The second-order valence-electron chi connectivity index (χ2n) is 3.66. The molecule has 3 nitrogen and oxygen atoms in total. The van der Waals surface area contributed by atoms with Crippen molar-refractivity contribution in [2.24, 2.45) is 5.73 Å². The van der Waals surface area contributed by atoms with Crippen molar-refractivity contribution in [3.8, 4) is 0 Å². The first-order valence-electron chi connectivity index (χ1n) is 4.30. The fraction of sp³-hybridized carbons (Fsp3) is 1.00. The van der Waals surface area contributed by atoms with E-state index < -0.39 is 0 Å². The van der Waals surface area contributed by atoms with Gasteiger partial charge < -0.3 is 5.73 Å². The lowest BCUT2D eigenvalue weighted by Crippen LogP contribution is -2.53. The molecule has 1 fully saturated rings. The van der Waals surface area contributed by atoms with Crippen LogP contribution in [0.4, 0.5) is 0 Å². The maximum atomic E-state index is 5.86. The zero-order valence-electron chi connectivity index (χ0n) is 7.75. The average molecular weight is 157 g/mol. The molecule has 0 aliphatic carbocycles. The van der Waals surface area contributed by atoms with Crippen LogP contribution in [0.25, 0.3) is 0 Å². The molecule has 1 saturated heterocycles. The Labute approximate surface area is 69.1 Å². The molecule has 0 spiro atoms. The normalized spacial score (nSPS) is 34.6. The molecule has 0 aromatic carbocycles. The molecule has 2 N–H and O–H groups in total. The molecule has 0 radical (unpaired) electrons. The highest BCUT2D eigenvalue weighted by Gasteiger charge is 2.23. The Hall–Kier alpha value is -0.120. The van der Waals surface area contributed by atoms with Crippen LogP contribution in [0.3, 0.4) is 0 Å². The lowest BCUT2D eigenvalue weighted by Gasteiger charge is -2.40. The van der Waals surface area contributed by atoms with Crippen molar-refractivity contribution in [1.29, 1.82) is 0 Å². The zero-order chi connectivity index (χ0) is 8.43. The molecule has 0 saturated carbocycles. The van der Waals surface area contributed by atoms with Gasteiger partial charge in [-0.15, -0.1) is 0 Å². The van der Waals surface area contributed by atoms with Gasteiger partial charge in [-0.25, -0.2) is 10.0 Å². The molecule has 0 amide bonds. The van der Waals surface area contributed by atoms with Crippen LogP contribution in [0.1, 0.15) is 19.8 Å². The first-order chi connectivity index (χ1) is 5.11. The van der Waals surface area contributed by atoms with Gasteiger partial charge in [0.2, 0.25) is 0 Å².